The highest BCUT2D eigenvalue weighted by Crippen LogP contribution is 2.37. The van der Waals surface area contributed by atoms with Crippen LogP contribution in [0, 0.1) is 0 Å². The fraction of sp³-hybridized carbons (Fsp3) is 0.300. The van der Waals surface area contributed by atoms with Crippen LogP contribution < -0.4 is 0 Å². The summed E-state index contributed by atoms with van der Waals surface area (Å²) in [5.74, 6) is 0. The minimum atomic E-state index is 0.262. The second-order valence-electron chi connectivity index (χ2n) is 6.25. The van der Waals surface area contributed by atoms with Gasteiger partial charge in [-0.05, 0) is 71.0 Å². The first-order chi connectivity index (χ1) is 10.2. The molecular weight excluding hydrogens is 256 g/mol. The Morgan fingerprint density at radius 2 is 1.67 bits per heavy atom. The molecule has 21 heavy (non-hydrogen) atoms. The molecule has 1 heteroatoms. The predicted octanol–water partition coefficient (Wildman–Crippen LogP) is 5.02. The van der Waals surface area contributed by atoms with Crippen molar-refractivity contribution >= 4 is 21.5 Å². The first-order valence-electron chi connectivity index (χ1n) is 7.81. The lowest BCUT2D eigenvalue weighted by Gasteiger charge is -2.21. The topological polar surface area (TPSA) is 9.23 Å². The van der Waals surface area contributed by atoms with Crippen LogP contribution in [0.1, 0.15) is 30.5 Å². The standard InChI is InChI=1S/C20H20O/c1-13(2)21-12-17-11-16-7-3-5-14-9-10-15-6-4-8-18(17)20(15)19(14)16/h3-8,11,13H,9-10,12H2,1-2H3. The maximum absolute atomic E-state index is 5.87. The number of ether oxygens (including phenoxy) is 1. The monoisotopic (exact) mass is 276 g/mol. The average molecular weight is 276 g/mol. The molecule has 0 atom stereocenters. The summed E-state index contributed by atoms with van der Waals surface area (Å²) in [6, 6.07) is 15.7. The van der Waals surface area contributed by atoms with Gasteiger partial charge in [-0.2, -0.15) is 0 Å². The molecule has 0 aromatic heterocycles. The molecule has 3 aromatic carbocycles. The van der Waals surface area contributed by atoms with E-state index in [1.807, 2.05) is 0 Å². The Balaban J connectivity index is 2.05. The molecule has 0 fully saturated rings. The van der Waals surface area contributed by atoms with Gasteiger partial charge in [-0.3, -0.25) is 0 Å². The van der Waals surface area contributed by atoms with Gasteiger partial charge < -0.3 is 4.74 Å². The van der Waals surface area contributed by atoms with Gasteiger partial charge in [0.2, 0.25) is 0 Å². The van der Waals surface area contributed by atoms with E-state index < -0.39 is 0 Å². The molecule has 0 N–H and O–H groups in total. The summed E-state index contributed by atoms with van der Waals surface area (Å²) in [6.07, 6.45) is 2.57. The van der Waals surface area contributed by atoms with E-state index in [0.717, 1.165) is 12.8 Å². The molecule has 0 aliphatic heterocycles. The molecule has 0 bridgehead atoms. The number of rotatable bonds is 3. The number of hydrogen-bond donors (Lipinski definition) is 0. The molecule has 1 aliphatic carbocycles. The molecule has 106 valence electrons. The fourth-order valence-corrected chi connectivity index (χ4v) is 3.54. The summed E-state index contributed by atoms with van der Waals surface area (Å²) in [4.78, 5) is 0. The summed E-state index contributed by atoms with van der Waals surface area (Å²) in [7, 11) is 0. The van der Waals surface area contributed by atoms with Crippen LogP contribution in [0.5, 0.6) is 0 Å². The van der Waals surface area contributed by atoms with Gasteiger partial charge in [-0.15, -0.1) is 0 Å². The first kappa shape index (κ1) is 12.8. The number of aryl methyl sites for hydroxylation is 2. The SMILES string of the molecule is CC(C)OCc1cc2cccc3c2c2c(cccc12)CC3. The number of hydrogen-bond acceptors (Lipinski definition) is 1. The minimum Gasteiger partial charge on any atom is -0.374 e. The normalized spacial score (nSPS) is 13.7. The van der Waals surface area contributed by atoms with Crippen molar-refractivity contribution in [3.63, 3.8) is 0 Å². The van der Waals surface area contributed by atoms with Crippen molar-refractivity contribution in [1.29, 1.82) is 0 Å². The lowest BCUT2D eigenvalue weighted by Crippen LogP contribution is -2.05. The highest BCUT2D eigenvalue weighted by molar-refractivity contribution is 6.12. The van der Waals surface area contributed by atoms with E-state index in [2.05, 4.69) is 56.3 Å². The third-order valence-electron chi connectivity index (χ3n) is 4.50. The second kappa shape index (κ2) is 4.85. The Morgan fingerprint density at radius 3 is 2.43 bits per heavy atom. The van der Waals surface area contributed by atoms with E-state index in [-0.39, 0.29) is 6.10 Å². The quantitative estimate of drug-likeness (QED) is 0.610. The van der Waals surface area contributed by atoms with E-state index >= 15 is 0 Å². The molecule has 0 saturated carbocycles. The van der Waals surface area contributed by atoms with Gasteiger partial charge in [0.1, 0.15) is 0 Å². The van der Waals surface area contributed by atoms with Crippen LogP contribution in [0.25, 0.3) is 21.5 Å². The van der Waals surface area contributed by atoms with Gasteiger partial charge in [0, 0.05) is 0 Å². The lowest BCUT2D eigenvalue weighted by molar-refractivity contribution is 0.0665. The summed E-state index contributed by atoms with van der Waals surface area (Å²) in [5, 5.41) is 5.64. The van der Waals surface area contributed by atoms with E-state index in [4.69, 9.17) is 4.74 Å². The first-order valence-corrected chi connectivity index (χ1v) is 7.81. The van der Waals surface area contributed by atoms with E-state index in [1.54, 1.807) is 0 Å². The molecule has 0 amide bonds. The Morgan fingerprint density at radius 1 is 0.952 bits per heavy atom. The third kappa shape index (κ3) is 2.04. The van der Waals surface area contributed by atoms with Crippen molar-refractivity contribution in [2.75, 3.05) is 0 Å². The Labute approximate surface area is 125 Å². The molecule has 1 aliphatic rings. The van der Waals surface area contributed by atoms with Gasteiger partial charge in [0.05, 0.1) is 12.7 Å². The van der Waals surface area contributed by atoms with Crippen molar-refractivity contribution in [2.24, 2.45) is 0 Å². The Kier molecular flexibility index (Phi) is 2.97. The van der Waals surface area contributed by atoms with Gasteiger partial charge in [-0.1, -0.05) is 36.4 Å². The lowest BCUT2D eigenvalue weighted by atomic mass is 9.84. The van der Waals surface area contributed by atoms with Gasteiger partial charge in [-0.25, -0.2) is 0 Å². The van der Waals surface area contributed by atoms with Crippen molar-refractivity contribution in [2.45, 2.75) is 39.4 Å². The maximum atomic E-state index is 5.87. The summed E-state index contributed by atoms with van der Waals surface area (Å²) in [6.45, 7) is 4.88. The van der Waals surface area contributed by atoms with Crippen molar-refractivity contribution in [3.05, 3.63) is 59.2 Å². The second-order valence-corrected chi connectivity index (χ2v) is 6.25. The molecule has 0 unspecified atom stereocenters. The van der Waals surface area contributed by atoms with Crippen LogP contribution in [0.2, 0.25) is 0 Å². The van der Waals surface area contributed by atoms with Crippen molar-refractivity contribution in [1.82, 2.24) is 0 Å². The summed E-state index contributed by atoms with van der Waals surface area (Å²) in [5.41, 5.74) is 4.29. The minimum absolute atomic E-state index is 0.262. The van der Waals surface area contributed by atoms with Crippen LogP contribution >= 0.6 is 0 Å². The molecule has 3 aromatic rings. The summed E-state index contributed by atoms with van der Waals surface area (Å²) < 4.78 is 5.87. The fourth-order valence-electron chi connectivity index (χ4n) is 3.54. The van der Waals surface area contributed by atoms with Gasteiger partial charge >= 0.3 is 0 Å². The van der Waals surface area contributed by atoms with Crippen LogP contribution in [0.15, 0.2) is 42.5 Å². The van der Waals surface area contributed by atoms with Crippen molar-refractivity contribution < 1.29 is 4.74 Å². The maximum Gasteiger partial charge on any atom is 0.0726 e. The average Bonchev–Trinajstić information content (AvgIpc) is 2.51. The predicted molar refractivity (Wildman–Crippen MR) is 88.8 cm³/mol. The third-order valence-corrected chi connectivity index (χ3v) is 4.50. The van der Waals surface area contributed by atoms with Crippen LogP contribution in [-0.2, 0) is 24.2 Å². The van der Waals surface area contributed by atoms with E-state index in [1.165, 1.54) is 38.2 Å². The van der Waals surface area contributed by atoms with Gasteiger partial charge in [0.25, 0.3) is 0 Å². The van der Waals surface area contributed by atoms with Crippen molar-refractivity contribution in [3.8, 4) is 0 Å². The smallest absolute Gasteiger partial charge is 0.0726 e. The largest absolute Gasteiger partial charge is 0.374 e. The highest BCUT2D eigenvalue weighted by Gasteiger charge is 2.17. The van der Waals surface area contributed by atoms with Crippen LogP contribution in [0.3, 0.4) is 0 Å². The van der Waals surface area contributed by atoms with E-state index in [9.17, 15) is 0 Å². The molecular formula is C20H20O. The molecule has 0 radical (unpaired) electrons. The molecule has 0 spiro atoms. The van der Waals surface area contributed by atoms with Crippen LogP contribution in [-0.4, -0.2) is 6.10 Å². The summed E-state index contributed by atoms with van der Waals surface area (Å²) >= 11 is 0. The molecule has 0 saturated heterocycles. The highest BCUT2D eigenvalue weighted by atomic mass is 16.5. The Hall–Kier alpha value is -1.86. The zero-order valence-corrected chi connectivity index (χ0v) is 12.6. The zero-order valence-electron chi connectivity index (χ0n) is 12.6. The molecule has 1 nitrogen and oxygen atoms in total. The number of benzene rings is 3. The molecule has 0 heterocycles. The molecule has 4 rings (SSSR count). The van der Waals surface area contributed by atoms with E-state index in [0.29, 0.717) is 6.61 Å². The zero-order chi connectivity index (χ0) is 14.4. The van der Waals surface area contributed by atoms with Gasteiger partial charge in [0.15, 0.2) is 0 Å². The van der Waals surface area contributed by atoms with Crippen LogP contribution in [0.4, 0.5) is 0 Å². The Bertz CT molecular complexity index is 830.